The van der Waals surface area contributed by atoms with Crippen molar-refractivity contribution in [3.8, 4) is 0 Å². The molecule has 2 rings (SSSR count). The van der Waals surface area contributed by atoms with Crippen LogP contribution in [0.15, 0.2) is 22.8 Å². The van der Waals surface area contributed by atoms with Crippen LogP contribution in [0.25, 0.3) is 11.0 Å². The van der Waals surface area contributed by atoms with E-state index >= 15 is 0 Å². The zero-order valence-electron chi connectivity index (χ0n) is 12.8. The van der Waals surface area contributed by atoms with Crippen molar-refractivity contribution < 1.29 is 19.1 Å². The topological polar surface area (TPSA) is 70.4 Å². The second-order valence-electron chi connectivity index (χ2n) is 5.57. The van der Waals surface area contributed by atoms with Crippen LogP contribution in [-0.2, 0) is 9.47 Å². The number of hydrogen-bond donors (Lipinski definition) is 0. The number of fused-ring (bicyclic) bond motifs is 1. The van der Waals surface area contributed by atoms with Gasteiger partial charge in [0.1, 0.15) is 11.1 Å². The Morgan fingerprint density at radius 1 is 1.36 bits per heavy atom. The normalized spacial score (nSPS) is 11.5. The molecular weight excluding hydrogens is 352 g/mol. The highest BCUT2D eigenvalue weighted by atomic mass is 79.9. The summed E-state index contributed by atoms with van der Waals surface area (Å²) >= 11 is 3.33. The maximum absolute atomic E-state index is 12.5. The number of pyridine rings is 1. The molecule has 6 nitrogen and oxygen atoms in total. The number of carbonyl (C=O) groups is 2. The molecule has 0 amide bonds. The zero-order valence-corrected chi connectivity index (χ0v) is 14.4. The predicted octanol–water partition coefficient (Wildman–Crippen LogP) is 3.76. The lowest BCUT2D eigenvalue weighted by Gasteiger charge is -2.20. The Morgan fingerprint density at radius 3 is 2.64 bits per heavy atom. The van der Waals surface area contributed by atoms with Gasteiger partial charge in [-0.15, -0.1) is 0 Å². The summed E-state index contributed by atoms with van der Waals surface area (Å²) in [4.78, 5) is 28.9. The van der Waals surface area contributed by atoms with E-state index in [4.69, 9.17) is 9.47 Å². The third-order valence-electron chi connectivity index (χ3n) is 2.71. The molecular formula is C15H17BrN2O4. The Balaban J connectivity index is 2.66. The number of ether oxygens (including phenoxy) is 2. The molecule has 0 aliphatic carbocycles. The first-order valence-corrected chi connectivity index (χ1v) is 7.61. The van der Waals surface area contributed by atoms with Gasteiger partial charge in [0.2, 0.25) is 0 Å². The van der Waals surface area contributed by atoms with Crippen LogP contribution in [0.5, 0.6) is 0 Å². The Labute approximate surface area is 136 Å². The number of esters is 1. The van der Waals surface area contributed by atoms with Gasteiger partial charge in [0.05, 0.1) is 16.6 Å². The standard InChI is InChI=1S/C15H17BrN2O4/c1-5-21-13(19)12-10(16)11-9(7-6-8-17-11)18(12)14(20)22-15(2,3)4/h6-8H,5H2,1-4H3. The molecule has 0 aliphatic rings. The van der Waals surface area contributed by atoms with Crippen molar-refractivity contribution in [2.24, 2.45) is 0 Å². The summed E-state index contributed by atoms with van der Waals surface area (Å²) in [5, 5.41) is 0. The van der Waals surface area contributed by atoms with Crippen molar-refractivity contribution in [2.75, 3.05) is 6.61 Å². The minimum atomic E-state index is -0.686. The third-order valence-corrected chi connectivity index (χ3v) is 3.46. The molecule has 0 N–H and O–H groups in total. The highest BCUT2D eigenvalue weighted by Gasteiger charge is 2.29. The van der Waals surface area contributed by atoms with Crippen molar-refractivity contribution in [3.63, 3.8) is 0 Å². The number of nitrogens with zero attached hydrogens (tertiary/aromatic N) is 2. The van der Waals surface area contributed by atoms with Gasteiger partial charge in [-0.2, -0.15) is 0 Å². The van der Waals surface area contributed by atoms with Crippen molar-refractivity contribution in [1.82, 2.24) is 9.55 Å². The molecule has 2 heterocycles. The Bertz CT molecular complexity index is 731. The van der Waals surface area contributed by atoms with Crippen LogP contribution in [0.4, 0.5) is 4.79 Å². The number of halogens is 1. The number of rotatable bonds is 2. The summed E-state index contributed by atoms with van der Waals surface area (Å²) in [6, 6.07) is 3.38. The second kappa shape index (κ2) is 6.08. The van der Waals surface area contributed by atoms with E-state index in [0.717, 1.165) is 0 Å². The SMILES string of the molecule is CCOC(=O)c1c(Br)c2ncccc2n1C(=O)OC(C)(C)C. The fourth-order valence-corrected chi connectivity index (χ4v) is 2.60. The number of hydrogen-bond acceptors (Lipinski definition) is 5. The van der Waals surface area contributed by atoms with Crippen molar-refractivity contribution >= 4 is 39.0 Å². The molecule has 7 heteroatoms. The molecule has 0 aromatic carbocycles. The monoisotopic (exact) mass is 368 g/mol. The molecule has 0 spiro atoms. The van der Waals surface area contributed by atoms with E-state index in [1.54, 1.807) is 46.0 Å². The van der Waals surface area contributed by atoms with Gasteiger partial charge in [-0.3, -0.25) is 4.98 Å². The number of carbonyl (C=O) groups excluding carboxylic acids is 2. The Kier molecular flexibility index (Phi) is 4.55. The van der Waals surface area contributed by atoms with Gasteiger partial charge < -0.3 is 9.47 Å². The summed E-state index contributed by atoms with van der Waals surface area (Å²) < 4.78 is 12.0. The molecule has 0 saturated carbocycles. The van der Waals surface area contributed by atoms with Crippen LogP contribution < -0.4 is 0 Å². The molecule has 0 bridgehead atoms. The lowest BCUT2D eigenvalue weighted by molar-refractivity contribution is 0.0453. The molecule has 2 aromatic rings. The predicted molar refractivity (Wildman–Crippen MR) is 85.0 cm³/mol. The highest BCUT2D eigenvalue weighted by molar-refractivity contribution is 9.10. The van der Waals surface area contributed by atoms with Gasteiger partial charge in [-0.05, 0) is 55.8 Å². The van der Waals surface area contributed by atoms with Crippen LogP contribution in [0.3, 0.4) is 0 Å². The summed E-state index contributed by atoms with van der Waals surface area (Å²) in [7, 11) is 0. The van der Waals surface area contributed by atoms with Gasteiger partial charge >= 0.3 is 12.1 Å². The first-order valence-electron chi connectivity index (χ1n) is 6.81. The smallest absolute Gasteiger partial charge is 0.419 e. The van der Waals surface area contributed by atoms with Crippen LogP contribution in [0.2, 0.25) is 0 Å². The van der Waals surface area contributed by atoms with Crippen LogP contribution >= 0.6 is 15.9 Å². The maximum atomic E-state index is 12.5. The van der Waals surface area contributed by atoms with Gasteiger partial charge in [0, 0.05) is 6.20 Å². The van der Waals surface area contributed by atoms with E-state index in [0.29, 0.717) is 15.5 Å². The first-order chi connectivity index (χ1) is 10.3. The highest BCUT2D eigenvalue weighted by Crippen LogP contribution is 2.30. The summed E-state index contributed by atoms with van der Waals surface area (Å²) in [6.45, 7) is 7.18. The number of aromatic nitrogens is 2. The van der Waals surface area contributed by atoms with Gasteiger partial charge in [-0.25, -0.2) is 14.2 Å². The van der Waals surface area contributed by atoms with Crippen LogP contribution in [0, 0.1) is 0 Å². The molecule has 0 aliphatic heterocycles. The second-order valence-corrected chi connectivity index (χ2v) is 6.36. The van der Waals surface area contributed by atoms with Gasteiger partial charge in [0.15, 0.2) is 5.69 Å². The van der Waals surface area contributed by atoms with Crippen molar-refractivity contribution in [1.29, 1.82) is 0 Å². The van der Waals surface area contributed by atoms with Crippen LogP contribution in [0.1, 0.15) is 38.2 Å². The average molecular weight is 369 g/mol. The lowest BCUT2D eigenvalue weighted by Crippen LogP contribution is -2.29. The lowest BCUT2D eigenvalue weighted by atomic mass is 10.2. The van der Waals surface area contributed by atoms with Gasteiger partial charge in [-0.1, -0.05) is 0 Å². The van der Waals surface area contributed by atoms with E-state index in [2.05, 4.69) is 20.9 Å². The third kappa shape index (κ3) is 3.14. The minimum Gasteiger partial charge on any atom is -0.461 e. The first kappa shape index (κ1) is 16.5. The molecule has 0 atom stereocenters. The zero-order chi connectivity index (χ0) is 16.5. The quantitative estimate of drug-likeness (QED) is 0.754. The summed E-state index contributed by atoms with van der Waals surface area (Å²) in [5.41, 5.74) is 0.363. The van der Waals surface area contributed by atoms with E-state index in [1.807, 2.05) is 0 Å². The summed E-state index contributed by atoms with van der Waals surface area (Å²) in [5.74, 6) is -0.613. The molecule has 22 heavy (non-hydrogen) atoms. The molecule has 118 valence electrons. The fraction of sp³-hybridized carbons (Fsp3) is 0.400. The van der Waals surface area contributed by atoms with Crippen molar-refractivity contribution in [2.45, 2.75) is 33.3 Å². The summed E-state index contributed by atoms with van der Waals surface area (Å²) in [6.07, 6.45) is 0.931. The molecule has 2 aromatic heterocycles. The molecule has 0 unspecified atom stereocenters. The molecule has 0 fully saturated rings. The van der Waals surface area contributed by atoms with E-state index < -0.39 is 17.7 Å². The van der Waals surface area contributed by atoms with Gasteiger partial charge in [0.25, 0.3) is 0 Å². The van der Waals surface area contributed by atoms with Crippen LogP contribution in [-0.4, -0.2) is 33.8 Å². The molecule has 0 radical (unpaired) electrons. The molecule has 0 saturated heterocycles. The van der Waals surface area contributed by atoms with Crippen molar-refractivity contribution in [3.05, 3.63) is 28.5 Å². The largest absolute Gasteiger partial charge is 0.461 e. The van der Waals surface area contributed by atoms with E-state index in [9.17, 15) is 9.59 Å². The van der Waals surface area contributed by atoms with E-state index in [-0.39, 0.29) is 12.3 Å². The Hall–Kier alpha value is -1.89. The maximum Gasteiger partial charge on any atom is 0.419 e. The fourth-order valence-electron chi connectivity index (χ4n) is 1.95. The Morgan fingerprint density at radius 2 is 2.05 bits per heavy atom. The average Bonchev–Trinajstić information content (AvgIpc) is 2.71. The van der Waals surface area contributed by atoms with E-state index in [1.165, 1.54) is 4.57 Å². The minimum absolute atomic E-state index is 0.0739.